The highest BCUT2D eigenvalue weighted by atomic mass is 32.1. The van der Waals surface area contributed by atoms with Crippen LogP contribution in [0.15, 0.2) is 167 Å². The Hall–Kier alpha value is -6.17. The zero-order chi connectivity index (χ0) is 31.6. The van der Waals surface area contributed by atoms with Gasteiger partial charge in [0.05, 0.1) is 5.39 Å². The summed E-state index contributed by atoms with van der Waals surface area (Å²) in [5.74, 6) is 0.605. The lowest BCUT2D eigenvalue weighted by molar-refractivity contribution is 0.622. The number of rotatable bonds is 5. The van der Waals surface area contributed by atoms with Crippen LogP contribution in [0.2, 0.25) is 0 Å². The molecule has 0 radical (unpaired) electrons. The monoisotopic (exact) mass is 634 g/mol. The average molecular weight is 635 g/mol. The standard InChI is InChI=1S/C43H26N2O2S/c1-3-9-28(10-4-1)43-44-36-21-23-38-41(42(36)47-43)35-25-29(17-22-37(35)46-38)27-15-18-31(19-16-27)45(30-11-5-2-6-12-30)32-20-24-40-34(26-32)33-13-7-8-14-39(33)48-40/h1-26H. The summed E-state index contributed by atoms with van der Waals surface area (Å²) in [6.45, 7) is 0. The third kappa shape index (κ3) is 4.33. The minimum Gasteiger partial charge on any atom is -0.456 e. The van der Waals surface area contributed by atoms with Gasteiger partial charge in [-0.15, -0.1) is 11.3 Å². The number of furan rings is 1. The second-order valence-electron chi connectivity index (χ2n) is 12.0. The maximum Gasteiger partial charge on any atom is 0.227 e. The van der Waals surface area contributed by atoms with E-state index >= 15 is 0 Å². The van der Waals surface area contributed by atoms with Crippen LogP contribution in [0.25, 0.3) is 75.8 Å². The summed E-state index contributed by atoms with van der Waals surface area (Å²) < 4.78 is 15.3. The fourth-order valence-electron chi connectivity index (χ4n) is 6.81. The summed E-state index contributed by atoms with van der Waals surface area (Å²) in [6, 6.07) is 55.1. The predicted octanol–water partition coefficient (Wildman–Crippen LogP) is 12.9. The molecule has 48 heavy (non-hydrogen) atoms. The molecule has 0 saturated heterocycles. The molecule has 10 aromatic rings. The molecular weight excluding hydrogens is 609 g/mol. The average Bonchev–Trinajstić information content (AvgIpc) is 3.86. The highest BCUT2D eigenvalue weighted by Crippen LogP contribution is 2.42. The van der Waals surface area contributed by atoms with Gasteiger partial charge < -0.3 is 13.7 Å². The van der Waals surface area contributed by atoms with Crippen molar-refractivity contribution in [3.8, 4) is 22.6 Å². The maximum absolute atomic E-state index is 6.37. The van der Waals surface area contributed by atoms with Gasteiger partial charge in [-0.2, -0.15) is 0 Å². The molecule has 0 aliphatic heterocycles. The topological polar surface area (TPSA) is 42.4 Å². The van der Waals surface area contributed by atoms with Crippen molar-refractivity contribution in [3.05, 3.63) is 158 Å². The Balaban J connectivity index is 1.07. The third-order valence-electron chi connectivity index (χ3n) is 9.10. The first-order valence-corrected chi connectivity index (χ1v) is 16.8. The molecule has 0 bridgehead atoms. The highest BCUT2D eigenvalue weighted by molar-refractivity contribution is 7.25. The van der Waals surface area contributed by atoms with Crippen molar-refractivity contribution >= 4 is 81.6 Å². The summed E-state index contributed by atoms with van der Waals surface area (Å²) in [5.41, 5.74) is 9.67. The van der Waals surface area contributed by atoms with Crippen LogP contribution in [0, 0.1) is 0 Å². The van der Waals surface area contributed by atoms with E-state index in [9.17, 15) is 0 Å². The van der Waals surface area contributed by atoms with Crippen LogP contribution in [0.5, 0.6) is 0 Å². The number of nitrogens with zero attached hydrogens (tertiary/aromatic N) is 2. The van der Waals surface area contributed by atoms with Gasteiger partial charge in [-0.25, -0.2) is 4.98 Å². The number of hydrogen-bond donors (Lipinski definition) is 0. The van der Waals surface area contributed by atoms with Crippen molar-refractivity contribution in [2.45, 2.75) is 0 Å². The molecule has 0 aliphatic rings. The summed E-state index contributed by atoms with van der Waals surface area (Å²) in [5, 5.41) is 4.53. The lowest BCUT2D eigenvalue weighted by Gasteiger charge is -2.25. The maximum atomic E-state index is 6.37. The molecule has 3 heterocycles. The van der Waals surface area contributed by atoms with Gasteiger partial charge in [0.25, 0.3) is 0 Å². The molecule has 0 N–H and O–H groups in total. The molecule has 0 unspecified atom stereocenters. The van der Waals surface area contributed by atoms with E-state index in [1.165, 1.54) is 20.2 Å². The van der Waals surface area contributed by atoms with Crippen molar-refractivity contribution < 1.29 is 8.83 Å². The third-order valence-corrected chi connectivity index (χ3v) is 10.3. The van der Waals surface area contributed by atoms with Crippen LogP contribution >= 0.6 is 11.3 Å². The fourth-order valence-corrected chi connectivity index (χ4v) is 7.90. The summed E-state index contributed by atoms with van der Waals surface area (Å²) in [6.07, 6.45) is 0. The Morgan fingerprint density at radius 3 is 2.00 bits per heavy atom. The second-order valence-corrected chi connectivity index (χ2v) is 13.1. The Labute approximate surface area is 279 Å². The van der Waals surface area contributed by atoms with E-state index in [-0.39, 0.29) is 0 Å². The van der Waals surface area contributed by atoms with Gasteiger partial charge in [0.2, 0.25) is 5.89 Å². The molecule has 0 saturated carbocycles. The summed E-state index contributed by atoms with van der Waals surface area (Å²) in [7, 11) is 0. The molecule has 0 atom stereocenters. The fraction of sp³-hybridized carbons (Fsp3) is 0. The molecule has 0 aliphatic carbocycles. The lowest BCUT2D eigenvalue weighted by atomic mass is 10.0. The van der Waals surface area contributed by atoms with E-state index in [0.29, 0.717) is 5.89 Å². The number of oxazole rings is 1. The van der Waals surface area contributed by atoms with Gasteiger partial charge in [0.1, 0.15) is 16.7 Å². The molecule has 5 heteroatoms. The molecule has 4 nitrogen and oxygen atoms in total. The molecule has 226 valence electrons. The molecule has 0 fully saturated rings. The number of benzene rings is 7. The van der Waals surface area contributed by atoms with Crippen molar-refractivity contribution in [2.75, 3.05) is 4.90 Å². The van der Waals surface area contributed by atoms with E-state index in [2.05, 4.69) is 120 Å². The smallest absolute Gasteiger partial charge is 0.227 e. The van der Waals surface area contributed by atoms with E-state index < -0.39 is 0 Å². The number of para-hydroxylation sites is 1. The van der Waals surface area contributed by atoms with Crippen LogP contribution in [-0.2, 0) is 0 Å². The molecule has 0 amide bonds. The minimum atomic E-state index is 0.605. The van der Waals surface area contributed by atoms with Crippen molar-refractivity contribution in [1.29, 1.82) is 0 Å². The van der Waals surface area contributed by atoms with Crippen molar-refractivity contribution in [3.63, 3.8) is 0 Å². The van der Waals surface area contributed by atoms with E-state index in [1.807, 2.05) is 53.8 Å². The Morgan fingerprint density at radius 1 is 0.458 bits per heavy atom. The van der Waals surface area contributed by atoms with Crippen LogP contribution < -0.4 is 4.90 Å². The molecule has 3 aromatic heterocycles. The van der Waals surface area contributed by atoms with Gasteiger partial charge >= 0.3 is 0 Å². The molecule has 0 spiro atoms. The second kappa shape index (κ2) is 10.7. The number of aromatic nitrogens is 1. The van der Waals surface area contributed by atoms with Gasteiger partial charge in [-0.05, 0) is 96.1 Å². The highest BCUT2D eigenvalue weighted by Gasteiger charge is 2.18. The molecular formula is C43H26N2O2S. The van der Waals surface area contributed by atoms with Crippen LogP contribution in [-0.4, -0.2) is 4.98 Å². The van der Waals surface area contributed by atoms with Crippen molar-refractivity contribution in [1.82, 2.24) is 4.98 Å². The predicted molar refractivity (Wildman–Crippen MR) is 200 cm³/mol. The van der Waals surface area contributed by atoms with Crippen LogP contribution in [0.1, 0.15) is 0 Å². The van der Waals surface area contributed by atoms with Crippen molar-refractivity contribution in [2.24, 2.45) is 0 Å². The first kappa shape index (κ1) is 27.0. The molecule has 7 aromatic carbocycles. The number of thiophene rings is 1. The van der Waals surface area contributed by atoms with E-state index in [0.717, 1.165) is 66.8 Å². The lowest BCUT2D eigenvalue weighted by Crippen LogP contribution is -2.09. The summed E-state index contributed by atoms with van der Waals surface area (Å²) >= 11 is 1.84. The first-order chi connectivity index (χ1) is 23.8. The van der Waals surface area contributed by atoms with Crippen LogP contribution in [0.4, 0.5) is 17.1 Å². The minimum absolute atomic E-state index is 0.605. The summed E-state index contributed by atoms with van der Waals surface area (Å²) in [4.78, 5) is 7.12. The van der Waals surface area contributed by atoms with Gasteiger partial charge in [-0.1, -0.05) is 72.8 Å². The Bertz CT molecular complexity index is 2780. The normalized spacial score (nSPS) is 11.8. The zero-order valence-electron chi connectivity index (χ0n) is 25.6. The van der Waals surface area contributed by atoms with Gasteiger partial charge in [0.15, 0.2) is 5.58 Å². The molecule has 10 rings (SSSR count). The zero-order valence-corrected chi connectivity index (χ0v) is 26.4. The van der Waals surface area contributed by atoms with Crippen LogP contribution in [0.3, 0.4) is 0 Å². The van der Waals surface area contributed by atoms with Gasteiger partial charge in [-0.3, -0.25) is 0 Å². The number of fused-ring (bicyclic) bond motifs is 8. The van der Waals surface area contributed by atoms with Gasteiger partial charge in [0, 0.05) is 48.2 Å². The largest absolute Gasteiger partial charge is 0.456 e. The van der Waals surface area contributed by atoms with E-state index in [4.69, 9.17) is 13.8 Å². The first-order valence-electron chi connectivity index (χ1n) is 15.9. The van der Waals surface area contributed by atoms with E-state index in [1.54, 1.807) is 0 Å². The number of anilines is 3. The number of hydrogen-bond acceptors (Lipinski definition) is 5. The quantitative estimate of drug-likeness (QED) is 0.189. The Kier molecular flexibility index (Phi) is 6.01. The SMILES string of the molecule is c1ccc(-c2nc3ccc4oc5ccc(-c6ccc(N(c7ccccc7)c7ccc8sc9ccccc9c8c7)cc6)cc5c4c3o2)cc1. The Morgan fingerprint density at radius 2 is 1.15 bits per heavy atom.